The Hall–Kier alpha value is -1.58. The molecule has 0 saturated carbocycles. The Balaban J connectivity index is 2.59. The summed E-state index contributed by atoms with van der Waals surface area (Å²) in [6.07, 6.45) is 2.70. The molecule has 4 nitrogen and oxygen atoms in total. The highest BCUT2D eigenvalue weighted by molar-refractivity contribution is 5.94. The number of hydrogen-bond donors (Lipinski definition) is 2. The van der Waals surface area contributed by atoms with E-state index < -0.39 is 0 Å². The van der Waals surface area contributed by atoms with Crippen LogP contribution in [0.25, 0.3) is 0 Å². The van der Waals surface area contributed by atoms with Crippen molar-refractivity contribution < 1.29 is 4.79 Å². The van der Waals surface area contributed by atoms with Crippen LogP contribution in [-0.4, -0.2) is 24.0 Å². The Kier molecular flexibility index (Phi) is 5.99. The molecule has 0 radical (unpaired) electrons. The Morgan fingerprint density at radius 3 is 2.70 bits per heavy atom. The van der Waals surface area contributed by atoms with Gasteiger partial charge in [-0.3, -0.25) is 4.79 Å². The molecule has 0 spiro atoms. The quantitative estimate of drug-likeness (QED) is 0.838. The average Bonchev–Trinajstić information content (AvgIpc) is 2.41. The van der Waals surface area contributed by atoms with Crippen LogP contribution < -0.4 is 10.6 Å². The second-order valence-corrected chi connectivity index (χ2v) is 6.33. The second-order valence-electron chi connectivity index (χ2n) is 6.33. The standard InChI is InChI=1S/C16H27N3O/c1-6-8-17-14-10-13(7-9-18-14)15(20)19-11-12(2)16(3,4)5/h7,9-10,12H,6,8,11H2,1-5H3,(H,17,18)(H,19,20). The summed E-state index contributed by atoms with van der Waals surface area (Å²) in [4.78, 5) is 16.3. The lowest BCUT2D eigenvalue weighted by molar-refractivity contribution is 0.0937. The zero-order valence-corrected chi connectivity index (χ0v) is 13.3. The zero-order chi connectivity index (χ0) is 15.2. The maximum absolute atomic E-state index is 12.1. The molecular formula is C16H27N3O. The molecule has 4 heteroatoms. The van der Waals surface area contributed by atoms with Crippen LogP contribution in [-0.2, 0) is 0 Å². The number of rotatable bonds is 6. The molecule has 1 aromatic rings. The summed E-state index contributed by atoms with van der Waals surface area (Å²) in [7, 11) is 0. The van der Waals surface area contributed by atoms with Crippen LogP contribution in [0.5, 0.6) is 0 Å². The molecule has 1 atom stereocenters. The zero-order valence-electron chi connectivity index (χ0n) is 13.3. The van der Waals surface area contributed by atoms with E-state index in [9.17, 15) is 4.79 Å². The third-order valence-corrected chi connectivity index (χ3v) is 3.63. The van der Waals surface area contributed by atoms with Gasteiger partial charge in [0.1, 0.15) is 5.82 Å². The highest BCUT2D eigenvalue weighted by Gasteiger charge is 2.20. The van der Waals surface area contributed by atoms with Crippen molar-refractivity contribution in [2.24, 2.45) is 11.3 Å². The number of pyridine rings is 1. The summed E-state index contributed by atoms with van der Waals surface area (Å²) in [6.45, 7) is 12.3. The van der Waals surface area contributed by atoms with E-state index in [1.54, 1.807) is 18.3 Å². The van der Waals surface area contributed by atoms with E-state index in [0.717, 1.165) is 18.8 Å². The van der Waals surface area contributed by atoms with Crippen LogP contribution in [0, 0.1) is 11.3 Å². The average molecular weight is 277 g/mol. The molecule has 0 aliphatic heterocycles. The number of nitrogens with one attached hydrogen (secondary N) is 2. The van der Waals surface area contributed by atoms with Crippen molar-refractivity contribution in [3.8, 4) is 0 Å². The van der Waals surface area contributed by atoms with Gasteiger partial charge >= 0.3 is 0 Å². The molecule has 1 heterocycles. The van der Waals surface area contributed by atoms with E-state index in [0.29, 0.717) is 18.0 Å². The molecular weight excluding hydrogens is 250 g/mol. The van der Waals surface area contributed by atoms with Crippen LogP contribution in [0.4, 0.5) is 5.82 Å². The number of carbonyl (C=O) groups is 1. The first-order chi connectivity index (χ1) is 9.34. The van der Waals surface area contributed by atoms with Crippen LogP contribution in [0.1, 0.15) is 51.4 Å². The van der Waals surface area contributed by atoms with Gasteiger partial charge in [-0.25, -0.2) is 4.98 Å². The Morgan fingerprint density at radius 1 is 1.40 bits per heavy atom. The SMILES string of the molecule is CCCNc1cc(C(=O)NCC(C)C(C)(C)C)ccn1. The van der Waals surface area contributed by atoms with E-state index in [-0.39, 0.29) is 11.3 Å². The molecule has 0 fully saturated rings. The van der Waals surface area contributed by atoms with Crippen molar-refractivity contribution >= 4 is 11.7 Å². The molecule has 1 unspecified atom stereocenters. The number of aromatic nitrogens is 1. The van der Waals surface area contributed by atoms with Gasteiger partial charge in [-0.1, -0.05) is 34.6 Å². The summed E-state index contributed by atoms with van der Waals surface area (Å²) in [6, 6.07) is 3.54. The van der Waals surface area contributed by atoms with Gasteiger partial charge in [0.2, 0.25) is 0 Å². The Bertz CT molecular complexity index is 438. The van der Waals surface area contributed by atoms with Gasteiger partial charge in [0.15, 0.2) is 0 Å². The Morgan fingerprint density at radius 2 is 2.10 bits per heavy atom. The number of nitrogens with zero attached hydrogens (tertiary/aromatic N) is 1. The number of carbonyl (C=O) groups excluding carboxylic acids is 1. The van der Waals surface area contributed by atoms with Crippen molar-refractivity contribution in [1.29, 1.82) is 0 Å². The second kappa shape index (κ2) is 7.27. The van der Waals surface area contributed by atoms with E-state index >= 15 is 0 Å². The van der Waals surface area contributed by atoms with Crippen LogP contribution >= 0.6 is 0 Å². The van der Waals surface area contributed by atoms with Crippen molar-refractivity contribution in [2.45, 2.75) is 41.0 Å². The molecule has 0 aliphatic rings. The molecule has 1 amide bonds. The first-order valence-corrected chi connectivity index (χ1v) is 7.32. The van der Waals surface area contributed by atoms with E-state index in [4.69, 9.17) is 0 Å². The van der Waals surface area contributed by atoms with Gasteiger partial charge in [0, 0.05) is 24.8 Å². The number of anilines is 1. The molecule has 0 bridgehead atoms. The topological polar surface area (TPSA) is 54.0 Å². The molecule has 20 heavy (non-hydrogen) atoms. The number of amides is 1. The maximum Gasteiger partial charge on any atom is 0.251 e. The van der Waals surface area contributed by atoms with Crippen molar-refractivity contribution in [3.63, 3.8) is 0 Å². The molecule has 0 aliphatic carbocycles. The van der Waals surface area contributed by atoms with Crippen LogP contribution in [0.2, 0.25) is 0 Å². The van der Waals surface area contributed by atoms with Crippen molar-refractivity contribution in [1.82, 2.24) is 10.3 Å². The lowest BCUT2D eigenvalue weighted by Gasteiger charge is -2.27. The smallest absolute Gasteiger partial charge is 0.251 e. The lowest BCUT2D eigenvalue weighted by atomic mass is 9.82. The molecule has 1 rings (SSSR count). The van der Waals surface area contributed by atoms with E-state index in [1.165, 1.54) is 0 Å². The van der Waals surface area contributed by atoms with Gasteiger partial charge in [0.25, 0.3) is 5.91 Å². The van der Waals surface area contributed by atoms with E-state index in [2.05, 4.69) is 50.2 Å². The monoisotopic (exact) mass is 277 g/mol. The summed E-state index contributed by atoms with van der Waals surface area (Å²) in [5.74, 6) is 1.14. The fourth-order valence-electron chi connectivity index (χ4n) is 1.58. The highest BCUT2D eigenvalue weighted by atomic mass is 16.1. The summed E-state index contributed by atoms with van der Waals surface area (Å²) in [5.41, 5.74) is 0.846. The normalized spacial score (nSPS) is 12.8. The first kappa shape index (κ1) is 16.5. The Labute approximate surface area is 122 Å². The minimum absolute atomic E-state index is 0.0388. The summed E-state index contributed by atoms with van der Waals surface area (Å²) in [5, 5.41) is 6.18. The van der Waals surface area contributed by atoms with Gasteiger partial charge in [-0.2, -0.15) is 0 Å². The van der Waals surface area contributed by atoms with Gasteiger partial charge in [-0.05, 0) is 29.9 Å². The predicted octanol–water partition coefficient (Wildman–Crippen LogP) is 3.32. The predicted molar refractivity (Wildman–Crippen MR) is 84.0 cm³/mol. The van der Waals surface area contributed by atoms with Crippen molar-refractivity contribution in [3.05, 3.63) is 23.9 Å². The van der Waals surface area contributed by atoms with E-state index in [1.807, 2.05) is 0 Å². The largest absolute Gasteiger partial charge is 0.370 e. The fraction of sp³-hybridized carbons (Fsp3) is 0.625. The lowest BCUT2D eigenvalue weighted by Crippen LogP contribution is -2.33. The van der Waals surface area contributed by atoms with Gasteiger partial charge in [-0.15, -0.1) is 0 Å². The maximum atomic E-state index is 12.1. The van der Waals surface area contributed by atoms with Gasteiger partial charge in [0.05, 0.1) is 0 Å². The molecule has 2 N–H and O–H groups in total. The molecule has 0 saturated heterocycles. The highest BCUT2D eigenvalue weighted by Crippen LogP contribution is 2.24. The van der Waals surface area contributed by atoms with Crippen LogP contribution in [0.15, 0.2) is 18.3 Å². The third kappa shape index (κ3) is 5.19. The fourth-order valence-corrected chi connectivity index (χ4v) is 1.58. The molecule has 0 aromatic carbocycles. The van der Waals surface area contributed by atoms with Crippen LogP contribution in [0.3, 0.4) is 0 Å². The van der Waals surface area contributed by atoms with Crippen molar-refractivity contribution in [2.75, 3.05) is 18.4 Å². The molecule has 112 valence electrons. The summed E-state index contributed by atoms with van der Waals surface area (Å²) >= 11 is 0. The van der Waals surface area contributed by atoms with Gasteiger partial charge < -0.3 is 10.6 Å². The number of hydrogen-bond acceptors (Lipinski definition) is 3. The minimum Gasteiger partial charge on any atom is -0.370 e. The third-order valence-electron chi connectivity index (χ3n) is 3.63. The minimum atomic E-state index is -0.0388. The summed E-state index contributed by atoms with van der Waals surface area (Å²) < 4.78 is 0. The molecule has 1 aromatic heterocycles. The first-order valence-electron chi connectivity index (χ1n) is 7.32.